The third-order valence-electron chi connectivity index (χ3n) is 2.69. The van der Waals surface area contributed by atoms with E-state index >= 15 is 0 Å². The largest absolute Gasteiger partial charge is 0.458 e. The lowest BCUT2D eigenvalue weighted by Gasteiger charge is -2.33. The van der Waals surface area contributed by atoms with Crippen LogP contribution in [0.2, 0.25) is 0 Å². The van der Waals surface area contributed by atoms with Gasteiger partial charge in [-0.2, -0.15) is 0 Å². The van der Waals surface area contributed by atoms with Crippen molar-refractivity contribution in [1.82, 2.24) is 0 Å². The second kappa shape index (κ2) is 3.95. The van der Waals surface area contributed by atoms with Crippen molar-refractivity contribution >= 4 is 5.97 Å². The van der Waals surface area contributed by atoms with Crippen molar-refractivity contribution in [3.63, 3.8) is 0 Å². The molecule has 0 bridgehead atoms. The Hall–Kier alpha value is -0.790. The fourth-order valence-corrected chi connectivity index (χ4v) is 1.72. The van der Waals surface area contributed by atoms with Crippen molar-refractivity contribution in [2.75, 3.05) is 0 Å². The Morgan fingerprint density at radius 2 is 2.23 bits per heavy atom. The first-order valence-corrected chi connectivity index (χ1v) is 4.88. The molecule has 0 saturated carbocycles. The normalized spacial score (nSPS) is 28.5. The summed E-state index contributed by atoms with van der Waals surface area (Å²) in [5.74, 6) is -0.0855. The summed E-state index contributed by atoms with van der Waals surface area (Å²) in [7, 11) is 0. The Balaban J connectivity index is 2.72. The van der Waals surface area contributed by atoms with E-state index in [0.717, 1.165) is 19.3 Å². The second-order valence-electron chi connectivity index (χ2n) is 4.34. The lowest BCUT2D eigenvalue weighted by molar-refractivity contribution is -0.153. The van der Waals surface area contributed by atoms with Gasteiger partial charge in [0.15, 0.2) is 0 Å². The molecule has 1 fully saturated rings. The first-order chi connectivity index (χ1) is 6.06. The van der Waals surface area contributed by atoms with Gasteiger partial charge in [-0.1, -0.05) is 32.9 Å². The van der Waals surface area contributed by atoms with E-state index in [2.05, 4.69) is 20.4 Å². The molecule has 1 aliphatic heterocycles. The molecule has 1 aliphatic rings. The first kappa shape index (κ1) is 10.3. The number of rotatable bonds is 1. The van der Waals surface area contributed by atoms with Crippen molar-refractivity contribution in [3.8, 4) is 0 Å². The molecule has 74 valence electrons. The molecule has 2 nitrogen and oxygen atoms in total. The Kier molecular flexibility index (Phi) is 3.12. The summed E-state index contributed by atoms with van der Waals surface area (Å²) >= 11 is 0. The van der Waals surface area contributed by atoms with Gasteiger partial charge < -0.3 is 4.74 Å². The molecule has 0 aromatic rings. The summed E-state index contributed by atoms with van der Waals surface area (Å²) in [5, 5.41) is 0. The van der Waals surface area contributed by atoms with Gasteiger partial charge in [-0.3, -0.25) is 4.79 Å². The molecule has 2 heteroatoms. The Labute approximate surface area is 80.0 Å². The highest BCUT2D eigenvalue weighted by Crippen LogP contribution is 2.32. The van der Waals surface area contributed by atoms with E-state index in [1.807, 2.05) is 0 Å². The van der Waals surface area contributed by atoms with Crippen LogP contribution >= 0.6 is 0 Å². The molecule has 13 heavy (non-hydrogen) atoms. The number of hydrogen-bond acceptors (Lipinski definition) is 2. The maximum Gasteiger partial charge on any atom is 0.306 e. The average Bonchev–Trinajstić information content (AvgIpc) is 2.06. The van der Waals surface area contributed by atoms with Crippen LogP contribution in [0.5, 0.6) is 0 Å². The Morgan fingerprint density at radius 3 is 2.85 bits per heavy atom. The molecule has 0 aliphatic carbocycles. The number of esters is 1. The molecule has 0 N–H and O–H groups in total. The predicted octanol–water partition coefficient (Wildman–Crippen LogP) is 2.68. The highest BCUT2D eigenvalue weighted by Gasteiger charge is 2.31. The number of ether oxygens (including phenoxy) is 1. The molecule has 1 rings (SSSR count). The van der Waals surface area contributed by atoms with Gasteiger partial charge in [0, 0.05) is 11.8 Å². The second-order valence-corrected chi connectivity index (χ2v) is 4.34. The minimum atomic E-state index is -0.125. The molecule has 0 spiro atoms. The lowest BCUT2D eigenvalue weighted by atomic mass is 9.80. The Bertz CT molecular complexity index is 206. The maximum atomic E-state index is 11.2. The van der Waals surface area contributed by atoms with E-state index in [1.54, 1.807) is 6.08 Å². The number of carbonyl (C=O) groups is 1. The highest BCUT2D eigenvalue weighted by atomic mass is 16.5. The van der Waals surface area contributed by atoms with Gasteiger partial charge in [-0.25, -0.2) is 0 Å². The van der Waals surface area contributed by atoms with Crippen LogP contribution in [0.3, 0.4) is 0 Å². The van der Waals surface area contributed by atoms with Gasteiger partial charge >= 0.3 is 5.97 Å². The standard InChI is InChI=1S/C11H18O2/c1-4-9-11(2,3)8-6-5-7-10(12)13-9/h4,9H,1,5-8H2,2-3H3. The summed E-state index contributed by atoms with van der Waals surface area (Å²) in [5.41, 5.74) is 0.0395. The molecule has 1 atom stereocenters. The van der Waals surface area contributed by atoms with Crippen LogP contribution in [0.25, 0.3) is 0 Å². The van der Waals surface area contributed by atoms with Crippen molar-refractivity contribution in [2.45, 2.75) is 45.6 Å². The van der Waals surface area contributed by atoms with Gasteiger partial charge in [0.2, 0.25) is 0 Å². The van der Waals surface area contributed by atoms with Gasteiger partial charge in [0.25, 0.3) is 0 Å². The molecular formula is C11H18O2. The van der Waals surface area contributed by atoms with E-state index < -0.39 is 0 Å². The molecule has 0 aromatic heterocycles. The molecule has 0 amide bonds. The fraction of sp³-hybridized carbons (Fsp3) is 0.727. The molecule has 0 radical (unpaired) electrons. The summed E-state index contributed by atoms with van der Waals surface area (Å²) in [6, 6.07) is 0. The molecule has 0 aromatic carbocycles. The highest BCUT2D eigenvalue weighted by molar-refractivity contribution is 5.69. The van der Waals surface area contributed by atoms with E-state index in [0.29, 0.717) is 6.42 Å². The minimum Gasteiger partial charge on any atom is -0.458 e. The quantitative estimate of drug-likeness (QED) is 0.460. The lowest BCUT2D eigenvalue weighted by Crippen LogP contribution is -2.33. The zero-order chi connectivity index (χ0) is 9.90. The van der Waals surface area contributed by atoms with Gasteiger partial charge in [-0.15, -0.1) is 0 Å². The van der Waals surface area contributed by atoms with E-state index in [1.165, 1.54) is 0 Å². The van der Waals surface area contributed by atoms with Crippen molar-refractivity contribution in [1.29, 1.82) is 0 Å². The average molecular weight is 182 g/mol. The monoisotopic (exact) mass is 182 g/mol. The summed E-state index contributed by atoms with van der Waals surface area (Å²) < 4.78 is 5.30. The van der Waals surface area contributed by atoms with E-state index in [-0.39, 0.29) is 17.5 Å². The van der Waals surface area contributed by atoms with E-state index in [4.69, 9.17) is 4.74 Å². The topological polar surface area (TPSA) is 26.3 Å². The number of carbonyl (C=O) groups excluding carboxylic acids is 1. The first-order valence-electron chi connectivity index (χ1n) is 4.88. The van der Waals surface area contributed by atoms with Crippen molar-refractivity contribution in [2.24, 2.45) is 5.41 Å². The molecule has 1 saturated heterocycles. The summed E-state index contributed by atoms with van der Waals surface area (Å²) in [6.07, 6.45) is 5.32. The van der Waals surface area contributed by atoms with Crippen molar-refractivity contribution in [3.05, 3.63) is 12.7 Å². The van der Waals surface area contributed by atoms with Crippen LogP contribution < -0.4 is 0 Å². The van der Waals surface area contributed by atoms with Gasteiger partial charge in [0.1, 0.15) is 6.10 Å². The summed E-state index contributed by atoms with van der Waals surface area (Å²) in [4.78, 5) is 11.2. The van der Waals surface area contributed by atoms with Crippen LogP contribution in [-0.4, -0.2) is 12.1 Å². The Morgan fingerprint density at radius 1 is 1.54 bits per heavy atom. The molecule has 1 unspecified atom stereocenters. The smallest absolute Gasteiger partial charge is 0.306 e. The molecular weight excluding hydrogens is 164 g/mol. The predicted molar refractivity (Wildman–Crippen MR) is 52.3 cm³/mol. The zero-order valence-electron chi connectivity index (χ0n) is 8.51. The molecule has 1 heterocycles. The van der Waals surface area contributed by atoms with Gasteiger partial charge in [0.05, 0.1) is 0 Å². The third-order valence-corrected chi connectivity index (χ3v) is 2.69. The van der Waals surface area contributed by atoms with Crippen molar-refractivity contribution < 1.29 is 9.53 Å². The SMILES string of the molecule is C=CC1OC(=O)CCCCC1(C)C. The number of cyclic esters (lactones) is 1. The minimum absolute atomic E-state index is 0.0395. The van der Waals surface area contributed by atoms with Crippen LogP contribution in [0, 0.1) is 5.41 Å². The number of hydrogen-bond donors (Lipinski definition) is 0. The van der Waals surface area contributed by atoms with Crippen LogP contribution in [0.15, 0.2) is 12.7 Å². The maximum absolute atomic E-state index is 11.2. The fourth-order valence-electron chi connectivity index (χ4n) is 1.72. The van der Waals surface area contributed by atoms with Crippen LogP contribution in [0.1, 0.15) is 39.5 Å². The summed E-state index contributed by atoms with van der Waals surface area (Å²) in [6.45, 7) is 7.96. The van der Waals surface area contributed by atoms with Crippen LogP contribution in [-0.2, 0) is 9.53 Å². The van der Waals surface area contributed by atoms with E-state index in [9.17, 15) is 4.79 Å². The zero-order valence-corrected chi connectivity index (χ0v) is 8.51. The van der Waals surface area contributed by atoms with Gasteiger partial charge in [-0.05, 0) is 12.8 Å². The van der Waals surface area contributed by atoms with Crippen LogP contribution in [0.4, 0.5) is 0 Å². The third kappa shape index (κ3) is 2.58.